The van der Waals surface area contributed by atoms with E-state index in [2.05, 4.69) is 348 Å². The smallest absolute Gasteiger partial charge is 0.159 e. The van der Waals surface area contributed by atoms with E-state index in [4.69, 9.17) is 8.83 Å². The Hall–Kier alpha value is -12.9. The summed E-state index contributed by atoms with van der Waals surface area (Å²) in [5.74, 6) is 0. The molecular formula is C92H58N4O2. The van der Waals surface area contributed by atoms with Crippen molar-refractivity contribution in [3.63, 3.8) is 0 Å². The molecule has 0 bridgehead atoms. The molecule has 458 valence electrons. The number of para-hydroxylation sites is 6. The first-order chi connectivity index (χ1) is 48.5. The summed E-state index contributed by atoms with van der Waals surface area (Å²) in [6.45, 7) is 4.43. The second-order valence-corrected chi connectivity index (χ2v) is 26.3. The van der Waals surface area contributed by atoms with E-state index in [1.807, 2.05) is 0 Å². The van der Waals surface area contributed by atoms with Crippen molar-refractivity contribution in [2.75, 3.05) is 9.80 Å². The maximum atomic E-state index is 7.29. The van der Waals surface area contributed by atoms with Gasteiger partial charge in [0.15, 0.2) is 11.2 Å². The highest BCUT2D eigenvalue weighted by Gasteiger charge is 2.33. The molecule has 98 heavy (non-hydrogen) atoms. The number of aryl methyl sites for hydroxylation is 2. The molecule has 6 nitrogen and oxygen atoms in total. The lowest BCUT2D eigenvalue weighted by Gasteiger charge is -2.27. The lowest BCUT2D eigenvalue weighted by molar-refractivity contribution is 0.669. The predicted octanol–water partition coefficient (Wildman–Crippen LogP) is 26.0. The molecular weight excluding hydrogens is 1190 g/mol. The van der Waals surface area contributed by atoms with Crippen LogP contribution in [-0.4, -0.2) is 8.80 Å². The van der Waals surface area contributed by atoms with Crippen molar-refractivity contribution in [1.82, 2.24) is 8.80 Å². The highest BCUT2D eigenvalue weighted by molar-refractivity contribution is 6.38. The average molecular weight is 1250 g/mol. The number of fused-ring (bicyclic) bond motifs is 18. The van der Waals surface area contributed by atoms with Crippen LogP contribution in [0.1, 0.15) is 11.1 Å². The molecule has 0 saturated carbocycles. The van der Waals surface area contributed by atoms with Crippen LogP contribution in [-0.2, 0) is 0 Å². The monoisotopic (exact) mass is 1250 g/mol. The highest BCUT2D eigenvalue weighted by atomic mass is 16.3. The molecule has 21 rings (SSSR count). The summed E-state index contributed by atoms with van der Waals surface area (Å²) in [7, 11) is 0. The molecule has 6 heteroatoms. The summed E-state index contributed by atoms with van der Waals surface area (Å²) < 4.78 is 19.8. The fourth-order valence-electron chi connectivity index (χ4n) is 16.8. The molecule has 0 atom stereocenters. The number of hydrogen-bond acceptors (Lipinski definition) is 4. The Kier molecular flexibility index (Phi) is 11.6. The third-order valence-corrected chi connectivity index (χ3v) is 20.9. The summed E-state index contributed by atoms with van der Waals surface area (Å²) in [5, 5.41) is 14.0. The van der Waals surface area contributed by atoms with Gasteiger partial charge < -0.3 is 27.4 Å². The van der Waals surface area contributed by atoms with Crippen LogP contribution in [0.15, 0.2) is 324 Å². The molecule has 0 unspecified atom stereocenters. The van der Waals surface area contributed by atoms with E-state index in [0.29, 0.717) is 0 Å². The van der Waals surface area contributed by atoms with Crippen LogP contribution in [0.3, 0.4) is 0 Å². The lowest BCUT2D eigenvalue weighted by Crippen LogP contribution is -2.11. The van der Waals surface area contributed by atoms with Crippen LogP contribution in [0.25, 0.3) is 165 Å². The van der Waals surface area contributed by atoms with E-state index in [0.717, 1.165) is 134 Å². The lowest BCUT2D eigenvalue weighted by atomic mass is 9.89. The van der Waals surface area contributed by atoms with Gasteiger partial charge >= 0.3 is 0 Å². The number of rotatable bonds is 10. The summed E-state index contributed by atoms with van der Waals surface area (Å²) in [5.41, 5.74) is 27.9. The van der Waals surface area contributed by atoms with Crippen molar-refractivity contribution in [1.29, 1.82) is 0 Å². The van der Waals surface area contributed by atoms with Crippen LogP contribution < -0.4 is 9.80 Å². The van der Waals surface area contributed by atoms with Crippen LogP contribution in [0.4, 0.5) is 34.1 Å². The standard InChI is InChI=1S/C92H58N4O2/c1-55-45-49-73-71-41-21-37-65(57-25-9-3-10-26-57)89(71)97-91(73)83(55)93(61-33-17-7-18-34-61)63-47-51-67-69-39-23-43-75-81-80(60-31-15-6-16-32-60)88-82(79(59-29-13-5-14-30-59)87(81)95(85(69)75)77(67)53-63)76-44-24-40-70-68-52-48-64(54-78(68)96(88)86(70)76)94(62-35-19-8-20-36-62)84-56(2)46-50-74-72-42-22-38-66(90(72)98-92(74)84)58-27-11-4-12-28-58/h3-54H,1-2H3. The number of benzene rings is 15. The van der Waals surface area contributed by atoms with Gasteiger partial charge in [-0.15, -0.1) is 0 Å². The van der Waals surface area contributed by atoms with Gasteiger partial charge in [0.1, 0.15) is 11.2 Å². The van der Waals surface area contributed by atoms with Crippen molar-refractivity contribution < 1.29 is 8.83 Å². The maximum absolute atomic E-state index is 7.29. The van der Waals surface area contributed by atoms with Gasteiger partial charge in [-0.1, -0.05) is 267 Å². The van der Waals surface area contributed by atoms with Crippen LogP contribution in [0.5, 0.6) is 0 Å². The second kappa shape index (κ2) is 20.8. The molecule has 0 spiro atoms. The Balaban J connectivity index is 0.867. The number of furan rings is 2. The SMILES string of the molecule is Cc1ccc2c(oc3c(-c4ccccc4)cccc32)c1N(c1ccccc1)c1ccc2c3cccc4c5c(-c6ccccc6)c6c(c(-c7ccccc7)c5n(c2c1)c34)c1cccc2c3ccc(N(c4ccccc4)c4c(C)ccc5c4oc4c(-c7ccccc7)cccc45)cc3n6c21. The zero-order chi connectivity index (χ0) is 64.4. The first-order valence-electron chi connectivity index (χ1n) is 33.7. The van der Waals surface area contributed by atoms with Gasteiger partial charge in [0, 0.05) is 110 Å². The number of anilines is 6. The van der Waals surface area contributed by atoms with Gasteiger partial charge in [-0.25, -0.2) is 0 Å². The number of hydrogen-bond donors (Lipinski definition) is 0. The normalized spacial score (nSPS) is 12.2. The molecule has 0 N–H and O–H groups in total. The van der Waals surface area contributed by atoms with Gasteiger partial charge in [0.25, 0.3) is 0 Å². The Labute approximate surface area is 563 Å². The zero-order valence-electron chi connectivity index (χ0n) is 53.6. The van der Waals surface area contributed by atoms with Crippen molar-refractivity contribution in [2.24, 2.45) is 0 Å². The van der Waals surface area contributed by atoms with Gasteiger partial charge in [0.2, 0.25) is 0 Å². The maximum Gasteiger partial charge on any atom is 0.159 e. The topological polar surface area (TPSA) is 41.6 Å². The van der Waals surface area contributed by atoms with Crippen LogP contribution in [0, 0.1) is 13.8 Å². The minimum absolute atomic E-state index is 0.848. The van der Waals surface area contributed by atoms with E-state index in [-0.39, 0.29) is 0 Å². The second-order valence-electron chi connectivity index (χ2n) is 26.3. The molecule has 0 aliphatic heterocycles. The molecule has 0 fully saturated rings. The summed E-state index contributed by atoms with van der Waals surface area (Å²) >= 11 is 0. The van der Waals surface area contributed by atoms with Crippen molar-refractivity contribution in [3.05, 3.63) is 327 Å². The Morgan fingerprint density at radius 3 is 0.969 bits per heavy atom. The molecule has 0 aliphatic rings. The summed E-state index contributed by atoms with van der Waals surface area (Å²) in [4.78, 5) is 4.85. The van der Waals surface area contributed by atoms with Crippen LogP contribution >= 0.6 is 0 Å². The minimum atomic E-state index is 0.848. The molecule has 21 aromatic rings. The van der Waals surface area contributed by atoms with Crippen molar-refractivity contribution in [3.8, 4) is 44.5 Å². The Morgan fingerprint density at radius 2 is 0.571 bits per heavy atom. The number of aromatic nitrogens is 2. The summed E-state index contributed by atoms with van der Waals surface area (Å²) in [6, 6.07) is 115. The van der Waals surface area contributed by atoms with Crippen molar-refractivity contribution in [2.45, 2.75) is 13.8 Å². The minimum Gasteiger partial charge on any atom is -0.453 e. The molecule has 0 saturated heterocycles. The Bertz CT molecular complexity index is 6380. The molecule has 0 amide bonds. The van der Waals surface area contributed by atoms with Crippen LogP contribution in [0.2, 0.25) is 0 Å². The molecule has 15 aromatic carbocycles. The van der Waals surface area contributed by atoms with E-state index in [9.17, 15) is 0 Å². The molecule has 0 radical (unpaired) electrons. The predicted molar refractivity (Wildman–Crippen MR) is 411 cm³/mol. The zero-order valence-corrected chi connectivity index (χ0v) is 53.6. The van der Waals surface area contributed by atoms with Gasteiger partial charge in [-0.3, -0.25) is 0 Å². The first kappa shape index (κ1) is 54.5. The molecule has 0 aliphatic carbocycles. The fourth-order valence-corrected chi connectivity index (χ4v) is 16.8. The van der Waals surface area contributed by atoms with Gasteiger partial charge in [-0.05, 0) is 95.8 Å². The van der Waals surface area contributed by atoms with E-state index in [1.54, 1.807) is 0 Å². The summed E-state index contributed by atoms with van der Waals surface area (Å²) in [6.07, 6.45) is 0. The van der Waals surface area contributed by atoms with Gasteiger partial charge in [0.05, 0.1) is 44.5 Å². The van der Waals surface area contributed by atoms with Crippen molar-refractivity contribution >= 4 is 154 Å². The first-order valence-corrected chi connectivity index (χ1v) is 33.7. The largest absolute Gasteiger partial charge is 0.453 e. The third kappa shape index (κ3) is 7.62. The van der Waals surface area contributed by atoms with E-state index >= 15 is 0 Å². The highest BCUT2D eigenvalue weighted by Crippen LogP contribution is 2.56. The average Bonchev–Trinajstić information content (AvgIpc) is 1.50. The fraction of sp³-hybridized carbons (Fsp3) is 0.0217. The van der Waals surface area contributed by atoms with Gasteiger partial charge in [-0.2, -0.15) is 0 Å². The third-order valence-electron chi connectivity index (χ3n) is 20.9. The molecule has 6 aromatic heterocycles. The van der Waals surface area contributed by atoms with E-state index in [1.165, 1.54) is 76.3 Å². The Morgan fingerprint density at radius 1 is 0.245 bits per heavy atom. The van der Waals surface area contributed by atoms with E-state index < -0.39 is 0 Å². The number of nitrogens with zero attached hydrogens (tertiary/aromatic N) is 4. The molecule has 6 heterocycles. The quantitative estimate of drug-likeness (QED) is 0.137.